The molecule has 6 rings (SSSR count). The van der Waals surface area contributed by atoms with Crippen molar-refractivity contribution in [3.63, 3.8) is 0 Å². The summed E-state index contributed by atoms with van der Waals surface area (Å²) in [7, 11) is 0. The third-order valence-corrected chi connectivity index (χ3v) is 6.71. The molecule has 0 aliphatic heterocycles. The maximum Gasteiger partial charge on any atom is 0.159 e. The molecule has 0 saturated heterocycles. The van der Waals surface area contributed by atoms with E-state index in [9.17, 15) is 0 Å². The van der Waals surface area contributed by atoms with Crippen molar-refractivity contribution >= 4 is 16.5 Å². The van der Waals surface area contributed by atoms with E-state index < -0.39 is 0 Å². The summed E-state index contributed by atoms with van der Waals surface area (Å²) >= 11 is 0. The lowest BCUT2D eigenvalue weighted by molar-refractivity contribution is 0.865. The average Bonchev–Trinajstić information content (AvgIpc) is 3.62. The van der Waals surface area contributed by atoms with Gasteiger partial charge in [-0.1, -0.05) is 49.9 Å². The maximum absolute atomic E-state index is 4.66. The number of fused-ring (bicyclic) bond motifs is 5. The van der Waals surface area contributed by atoms with Crippen molar-refractivity contribution in [3.8, 4) is 17.1 Å². The molecule has 4 nitrogen and oxygen atoms in total. The van der Waals surface area contributed by atoms with Crippen LogP contribution in [0.5, 0.6) is 0 Å². The van der Waals surface area contributed by atoms with Crippen LogP contribution in [0.25, 0.3) is 33.6 Å². The molecule has 4 heteroatoms. The molecule has 0 amide bonds. The minimum absolute atomic E-state index is 0.536. The second kappa shape index (κ2) is 9.22. The number of benzene rings is 1. The Bertz CT molecular complexity index is 1390. The summed E-state index contributed by atoms with van der Waals surface area (Å²) in [5.41, 5.74) is 8.49. The summed E-state index contributed by atoms with van der Waals surface area (Å²) in [6.07, 6.45) is 16.1. The summed E-state index contributed by atoms with van der Waals surface area (Å²) in [6.45, 7) is 10.7. The van der Waals surface area contributed by atoms with Crippen LogP contribution >= 0.6 is 0 Å². The van der Waals surface area contributed by atoms with Crippen molar-refractivity contribution < 1.29 is 0 Å². The SMILES string of the molecule is C/C=C\CC.C=C1/C(=C\C)c2c(n(-c3cnc(-c4ccncc4)nc3)c3ccccc23)C2CC12. The van der Waals surface area contributed by atoms with Gasteiger partial charge in [0.15, 0.2) is 5.82 Å². The monoisotopic (exact) mass is 446 g/mol. The lowest BCUT2D eigenvalue weighted by Crippen LogP contribution is -2.08. The van der Waals surface area contributed by atoms with E-state index >= 15 is 0 Å². The number of nitrogens with zero attached hydrogens (tertiary/aromatic N) is 4. The van der Waals surface area contributed by atoms with E-state index in [1.165, 1.54) is 39.7 Å². The van der Waals surface area contributed by atoms with Gasteiger partial charge in [-0.2, -0.15) is 0 Å². The first-order valence-electron chi connectivity index (χ1n) is 12.0. The van der Waals surface area contributed by atoms with Crippen molar-refractivity contribution in [2.45, 2.75) is 39.5 Å². The van der Waals surface area contributed by atoms with Crippen LogP contribution in [0.3, 0.4) is 0 Å². The lowest BCUT2D eigenvalue weighted by Gasteiger charge is -2.20. The Morgan fingerprint density at radius 2 is 1.76 bits per heavy atom. The second-order valence-corrected chi connectivity index (χ2v) is 8.77. The number of para-hydroxylation sites is 1. The molecule has 0 N–H and O–H groups in total. The number of hydrogen-bond donors (Lipinski definition) is 0. The quantitative estimate of drug-likeness (QED) is 0.305. The van der Waals surface area contributed by atoms with E-state index in [2.05, 4.69) is 82.4 Å². The largest absolute Gasteiger partial charge is 0.310 e. The zero-order chi connectivity index (χ0) is 23.7. The Kier molecular flexibility index (Phi) is 5.97. The zero-order valence-corrected chi connectivity index (χ0v) is 20.1. The van der Waals surface area contributed by atoms with Gasteiger partial charge in [0, 0.05) is 40.5 Å². The zero-order valence-electron chi connectivity index (χ0n) is 20.1. The fourth-order valence-corrected chi connectivity index (χ4v) is 5.07. The number of pyridine rings is 1. The van der Waals surface area contributed by atoms with Crippen LogP contribution in [0.15, 0.2) is 91.6 Å². The van der Waals surface area contributed by atoms with E-state index in [0.29, 0.717) is 17.7 Å². The van der Waals surface area contributed by atoms with Gasteiger partial charge in [-0.15, -0.1) is 0 Å². The Hall–Kier alpha value is -3.79. The van der Waals surface area contributed by atoms with E-state index in [1.807, 2.05) is 31.5 Å². The molecule has 170 valence electrons. The molecule has 0 spiro atoms. The van der Waals surface area contributed by atoms with Gasteiger partial charge in [-0.3, -0.25) is 4.98 Å². The summed E-state index contributed by atoms with van der Waals surface area (Å²) < 4.78 is 2.36. The van der Waals surface area contributed by atoms with E-state index in [1.54, 1.807) is 12.4 Å². The molecule has 1 saturated carbocycles. The van der Waals surface area contributed by atoms with Crippen LogP contribution in [0.2, 0.25) is 0 Å². The lowest BCUT2D eigenvalue weighted by atomic mass is 9.86. The van der Waals surface area contributed by atoms with Crippen LogP contribution in [-0.2, 0) is 0 Å². The summed E-state index contributed by atoms with van der Waals surface area (Å²) in [5, 5.41) is 1.28. The molecule has 2 unspecified atom stereocenters. The predicted molar refractivity (Wildman–Crippen MR) is 141 cm³/mol. The predicted octanol–water partition coefficient (Wildman–Crippen LogP) is 7.53. The van der Waals surface area contributed by atoms with Crippen LogP contribution in [-0.4, -0.2) is 19.5 Å². The highest BCUT2D eigenvalue weighted by Gasteiger charge is 2.49. The first-order valence-corrected chi connectivity index (χ1v) is 12.0. The molecule has 3 aromatic heterocycles. The van der Waals surface area contributed by atoms with Crippen molar-refractivity contribution in [1.82, 2.24) is 19.5 Å². The Morgan fingerprint density at radius 3 is 2.41 bits per heavy atom. The molecule has 3 heterocycles. The van der Waals surface area contributed by atoms with Gasteiger partial charge in [-0.25, -0.2) is 9.97 Å². The average molecular weight is 447 g/mol. The van der Waals surface area contributed by atoms with Gasteiger partial charge in [0.2, 0.25) is 0 Å². The van der Waals surface area contributed by atoms with Gasteiger partial charge in [0.05, 0.1) is 23.6 Å². The minimum Gasteiger partial charge on any atom is -0.310 e. The highest BCUT2D eigenvalue weighted by atomic mass is 15.0. The molecule has 1 fully saturated rings. The molecule has 34 heavy (non-hydrogen) atoms. The molecule has 0 bridgehead atoms. The second-order valence-electron chi connectivity index (χ2n) is 8.77. The van der Waals surface area contributed by atoms with Crippen LogP contribution < -0.4 is 0 Å². The molecule has 2 aliphatic carbocycles. The van der Waals surface area contributed by atoms with Gasteiger partial charge in [-0.05, 0) is 62.0 Å². The fraction of sp³-hybridized carbons (Fsp3) is 0.233. The van der Waals surface area contributed by atoms with Gasteiger partial charge < -0.3 is 4.57 Å². The number of allylic oxidation sites excluding steroid dienone is 5. The van der Waals surface area contributed by atoms with E-state index in [0.717, 1.165) is 17.7 Å². The number of rotatable bonds is 3. The van der Waals surface area contributed by atoms with Crippen molar-refractivity contribution in [2.24, 2.45) is 5.92 Å². The smallest absolute Gasteiger partial charge is 0.159 e. The van der Waals surface area contributed by atoms with Gasteiger partial charge in [0.25, 0.3) is 0 Å². The van der Waals surface area contributed by atoms with Crippen LogP contribution in [0.4, 0.5) is 0 Å². The summed E-state index contributed by atoms with van der Waals surface area (Å²) in [6, 6.07) is 12.5. The third kappa shape index (κ3) is 3.69. The normalized spacial score (nSPS) is 19.6. The Balaban J connectivity index is 0.000000439. The standard InChI is InChI=1S/C25H20N4.C5H10/c1-3-18-15(2)20-12-21(20)24-23(18)19-6-4-5-7-22(19)29(24)17-13-27-25(28-14-17)16-8-10-26-11-9-16;1-3-5-4-2/h3-11,13-14,20-21H,2,12H2,1H3;3,5H,4H2,1-2H3/b18-3+;5-3-. The number of hydrogen-bond acceptors (Lipinski definition) is 3. The van der Waals surface area contributed by atoms with Crippen molar-refractivity contribution in [2.75, 3.05) is 0 Å². The highest BCUT2D eigenvalue weighted by Crippen LogP contribution is 2.62. The topological polar surface area (TPSA) is 43.6 Å². The Morgan fingerprint density at radius 1 is 1.03 bits per heavy atom. The molecule has 4 aromatic rings. The van der Waals surface area contributed by atoms with Gasteiger partial charge >= 0.3 is 0 Å². The fourth-order valence-electron chi connectivity index (χ4n) is 5.07. The maximum atomic E-state index is 4.66. The van der Waals surface area contributed by atoms with Crippen LogP contribution in [0, 0.1) is 5.92 Å². The van der Waals surface area contributed by atoms with Crippen LogP contribution in [0.1, 0.15) is 50.8 Å². The first-order chi connectivity index (χ1) is 16.7. The highest BCUT2D eigenvalue weighted by molar-refractivity contribution is 6.01. The molecule has 2 aliphatic rings. The minimum atomic E-state index is 0.536. The molecular weight excluding hydrogens is 416 g/mol. The first kappa shape index (κ1) is 22.0. The Labute approximate surface area is 201 Å². The summed E-state index contributed by atoms with van der Waals surface area (Å²) in [4.78, 5) is 13.4. The third-order valence-electron chi connectivity index (χ3n) is 6.71. The van der Waals surface area contributed by atoms with Crippen molar-refractivity contribution in [1.29, 1.82) is 0 Å². The number of aromatic nitrogens is 4. The van der Waals surface area contributed by atoms with Crippen molar-refractivity contribution in [3.05, 3.63) is 103 Å². The molecule has 2 atom stereocenters. The van der Waals surface area contributed by atoms with E-state index in [-0.39, 0.29) is 0 Å². The molecule has 1 aromatic carbocycles. The summed E-state index contributed by atoms with van der Waals surface area (Å²) in [5.74, 6) is 1.82. The molecular formula is C30H30N4. The molecule has 0 radical (unpaired) electrons. The van der Waals surface area contributed by atoms with Gasteiger partial charge in [0.1, 0.15) is 0 Å². The van der Waals surface area contributed by atoms with E-state index in [4.69, 9.17) is 0 Å².